The van der Waals surface area contributed by atoms with E-state index in [2.05, 4.69) is 0 Å². The summed E-state index contributed by atoms with van der Waals surface area (Å²) in [5.74, 6) is -0.209. The number of hydrogen-bond donors (Lipinski definition) is 2. The van der Waals surface area contributed by atoms with Crippen LogP contribution in [0.4, 0.5) is 0 Å². The molecule has 1 rings (SSSR count). The number of primary amides is 1. The second-order valence-corrected chi connectivity index (χ2v) is 3.21. The maximum Gasteiger partial charge on any atom is 0.252 e. The summed E-state index contributed by atoms with van der Waals surface area (Å²) in [4.78, 5) is 11.0. The molecule has 76 valence electrons. The van der Waals surface area contributed by atoms with Crippen LogP contribution in [0.2, 0.25) is 0 Å². The minimum atomic E-state index is -0.569. The van der Waals surface area contributed by atoms with Crippen molar-refractivity contribution in [3.63, 3.8) is 0 Å². The van der Waals surface area contributed by atoms with E-state index in [1.54, 1.807) is 0 Å². The molecule has 1 amide bonds. The highest BCUT2D eigenvalue weighted by Gasteiger charge is 2.11. The lowest BCUT2D eigenvalue weighted by molar-refractivity contribution is 0.0994. The van der Waals surface area contributed by atoms with Crippen molar-refractivity contribution >= 4 is 5.91 Å². The van der Waals surface area contributed by atoms with E-state index in [4.69, 9.17) is 10.5 Å². The molecule has 0 heterocycles. The van der Waals surface area contributed by atoms with E-state index in [1.807, 2.05) is 13.8 Å². The Morgan fingerprint density at radius 3 is 2.64 bits per heavy atom. The number of phenols is 1. The molecule has 4 nitrogen and oxygen atoms in total. The molecule has 0 fully saturated rings. The van der Waals surface area contributed by atoms with E-state index in [1.165, 1.54) is 18.2 Å². The number of nitrogens with two attached hydrogens (primary N) is 1. The number of carbonyl (C=O) groups is 1. The van der Waals surface area contributed by atoms with Crippen LogP contribution in [0.3, 0.4) is 0 Å². The van der Waals surface area contributed by atoms with Crippen molar-refractivity contribution in [2.24, 2.45) is 5.73 Å². The lowest BCUT2D eigenvalue weighted by Crippen LogP contribution is -2.15. The highest BCUT2D eigenvalue weighted by atomic mass is 16.5. The monoisotopic (exact) mass is 195 g/mol. The van der Waals surface area contributed by atoms with Crippen LogP contribution in [0.5, 0.6) is 11.5 Å². The zero-order valence-corrected chi connectivity index (χ0v) is 8.15. The fraction of sp³-hybridized carbons (Fsp3) is 0.300. The molecular weight excluding hydrogens is 182 g/mol. The number of benzene rings is 1. The molecule has 0 aromatic heterocycles. The number of amides is 1. The molecule has 0 spiro atoms. The third kappa shape index (κ3) is 2.39. The van der Waals surface area contributed by atoms with Crippen molar-refractivity contribution in [3.05, 3.63) is 23.8 Å². The highest BCUT2D eigenvalue weighted by molar-refractivity contribution is 5.95. The van der Waals surface area contributed by atoms with Crippen LogP contribution >= 0.6 is 0 Å². The van der Waals surface area contributed by atoms with Gasteiger partial charge in [-0.15, -0.1) is 0 Å². The first kappa shape index (κ1) is 10.4. The highest BCUT2D eigenvalue weighted by Crippen LogP contribution is 2.24. The molecule has 0 atom stereocenters. The Labute approximate surface area is 82.3 Å². The van der Waals surface area contributed by atoms with Crippen LogP contribution in [0.1, 0.15) is 24.2 Å². The largest absolute Gasteiger partial charge is 0.508 e. The van der Waals surface area contributed by atoms with Gasteiger partial charge < -0.3 is 15.6 Å². The first-order valence-electron chi connectivity index (χ1n) is 4.30. The maximum absolute atomic E-state index is 11.0. The third-order valence-corrected chi connectivity index (χ3v) is 1.59. The molecule has 4 heteroatoms. The van der Waals surface area contributed by atoms with Crippen molar-refractivity contribution in [1.82, 2.24) is 0 Å². The Bertz CT molecular complexity index is 347. The summed E-state index contributed by atoms with van der Waals surface area (Å²) in [6.45, 7) is 3.66. The first-order valence-corrected chi connectivity index (χ1v) is 4.30. The predicted octanol–water partition coefficient (Wildman–Crippen LogP) is 1.28. The Hall–Kier alpha value is -1.71. The summed E-state index contributed by atoms with van der Waals surface area (Å²) in [7, 11) is 0. The Morgan fingerprint density at radius 1 is 1.50 bits per heavy atom. The molecule has 1 aromatic carbocycles. The zero-order valence-electron chi connectivity index (χ0n) is 8.15. The SMILES string of the molecule is CC(C)Oc1cc(O)ccc1C(N)=O. The second-order valence-electron chi connectivity index (χ2n) is 3.21. The Kier molecular flexibility index (Phi) is 2.96. The van der Waals surface area contributed by atoms with Gasteiger partial charge in [-0.05, 0) is 26.0 Å². The number of carbonyl (C=O) groups excluding carboxylic acids is 1. The molecule has 1 aromatic rings. The Morgan fingerprint density at radius 2 is 2.14 bits per heavy atom. The molecular formula is C10H13NO3. The van der Waals surface area contributed by atoms with Crippen molar-refractivity contribution in [3.8, 4) is 11.5 Å². The quantitative estimate of drug-likeness (QED) is 0.763. The van der Waals surface area contributed by atoms with E-state index in [-0.39, 0.29) is 17.4 Å². The van der Waals surface area contributed by atoms with Gasteiger partial charge in [0.05, 0.1) is 11.7 Å². The van der Waals surface area contributed by atoms with E-state index >= 15 is 0 Å². The summed E-state index contributed by atoms with van der Waals surface area (Å²) in [6, 6.07) is 4.21. The average Bonchev–Trinajstić information content (AvgIpc) is 2.01. The summed E-state index contributed by atoms with van der Waals surface area (Å²) in [5.41, 5.74) is 5.41. The molecule has 0 saturated heterocycles. The van der Waals surface area contributed by atoms with Gasteiger partial charge in [-0.2, -0.15) is 0 Å². The average molecular weight is 195 g/mol. The van der Waals surface area contributed by atoms with Crippen molar-refractivity contribution in [2.45, 2.75) is 20.0 Å². The van der Waals surface area contributed by atoms with Gasteiger partial charge in [0.1, 0.15) is 11.5 Å². The zero-order chi connectivity index (χ0) is 10.7. The molecule has 0 saturated carbocycles. The smallest absolute Gasteiger partial charge is 0.252 e. The second kappa shape index (κ2) is 4.00. The van der Waals surface area contributed by atoms with Gasteiger partial charge >= 0.3 is 0 Å². The topological polar surface area (TPSA) is 72.6 Å². The molecule has 0 radical (unpaired) electrons. The fourth-order valence-electron chi connectivity index (χ4n) is 1.07. The maximum atomic E-state index is 11.0. The van der Waals surface area contributed by atoms with Crippen LogP contribution in [0, 0.1) is 0 Å². The van der Waals surface area contributed by atoms with Crippen LogP contribution in [0.25, 0.3) is 0 Å². The van der Waals surface area contributed by atoms with Gasteiger partial charge in [-0.1, -0.05) is 0 Å². The lowest BCUT2D eigenvalue weighted by Gasteiger charge is -2.12. The fourth-order valence-corrected chi connectivity index (χ4v) is 1.07. The summed E-state index contributed by atoms with van der Waals surface area (Å²) in [6.07, 6.45) is -0.0742. The van der Waals surface area contributed by atoms with Crippen LogP contribution in [0.15, 0.2) is 18.2 Å². The number of rotatable bonds is 3. The molecule has 0 aliphatic carbocycles. The van der Waals surface area contributed by atoms with Gasteiger partial charge in [-0.3, -0.25) is 4.79 Å². The van der Waals surface area contributed by atoms with E-state index in [0.717, 1.165) is 0 Å². The normalized spacial score (nSPS) is 10.2. The molecule has 3 N–H and O–H groups in total. The molecule has 14 heavy (non-hydrogen) atoms. The van der Waals surface area contributed by atoms with Crippen molar-refractivity contribution in [2.75, 3.05) is 0 Å². The standard InChI is InChI=1S/C10H13NO3/c1-6(2)14-9-5-7(12)3-4-8(9)10(11)13/h3-6,12H,1-2H3,(H2,11,13). The third-order valence-electron chi connectivity index (χ3n) is 1.59. The van der Waals surface area contributed by atoms with Gasteiger partial charge in [0.2, 0.25) is 0 Å². The van der Waals surface area contributed by atoms with Gasteiger partial charge in [0, 0.05) is 6.07 Å². The van der Waals surface area contributed by atoms with Gasteiger partial charge in [-0.25, -0.2) is 0 Å². The minimum Gasteiger partial charge on any atom is -0.508 e. The van der Waals surface area contributed by atoms with Gasteiger partial charge in [0.25, 0.3) is 5.91 Å². The first-order chi connectivity index (χ1) is 6.50. The van der Waals surface area contributed by atoms with E-state index in [0.29, 0.717) is 5.75 Å². The van der Waals surface area contributed by atoms with Gasteiger partial charge in [0.15, 0.2) is 0 Å². The van der Waals surface area contributed by atoms with Crippen molar-refractivity contribution in [1.29, 1.82) is 0 Å². The van der Waals surface area contributed by atoms with Crippen LogP contribution < -0.4 is 10.5 Å². The van der Waals surface area contributed by atoms with Crippen molar-refractivity contribution < 1.29 is 14.6 Å². The number of hydrogen-bond acceptors (Lipinski definition) is 3. The lowest BCUT2D eigenvalue weighted by atomic mass is 10.2. The number of aromatic hydroxyl groups is 1. The predicted molar refractivity (Wildman–Crippen MR) is 52.4 cm³/mol. The Balaban J connectivity index is 3.09. The molecule has 0 aliphatic rings. The summed E-state index contributed by atoms with van der Waals surface area (Å²) >= 11 is 0. The number of phenolic OH excluding ortho intramolecular Hbond substituents is 1. The summed E-state index contributed by atoms with van der Waals surface area (Å²) < 4.78 is 5.33. The van der Waals surface area contributed by atoms with E-state index in [9.17, 15) is 9.90 Å². The minimum absolute atomic E-state index is 0.0469. The van der Waals surface area contributed by atoms with Crippen LogP contribution in [-0.2, 0) is 0 Å². The van der Waals surface area contributed by atoms with Crippen LogP contribution in [-0.4, -0.2) is 17.1 Å². The summed E-state index contributed by atoms with van der Waals surface area (Å²) in [5, 5.41) is 9.20. The molecule has 0 aliphatic heterocycles. The van der Waals surface area contributed by atoms with E-state index < -0.39 is 5.91 Å². The molecule has 0 unspecified atom stereocenters. The number of ether oxygens (including phenoxy) is 1. The molecule has 0 bridgehead atoms.